The topological polar surface area (TPSA) is 38.0 Å². The Morgan fingerprint density at radius 1 is 1.27 bits per heavy atom. The number of fused-ring (bicyclic) bond motifs is 1. The molecule has 0 spiro atoms. The van der Waals surface area contributed by atoms with Crippen LogP contribution in [-0.2, 0) is 0 Å². The first-order chi connectivity index (χ1) is 7.34. The minimum Gasteiger partial charge on any atom is -0.399 e. The van der Waals surface area contributed by atoms with Gasteiger partial charge in [0.25, 0.3) is 0 Å². The maximum atomic E-state index is 5.80. The third-order valence-corrected chi connectivity index (χ3v) is 3.91. The molecule has 3 rings (SSSR count). The van der Waals surface area contributed by atoms with Crippen LogP contribution < -0.4 is 11.1 Å². The molecular formula is C13H18N2. The zero-order valence-corrected chi connectivity index (χ0v) is 8.95. The number of allylic oxidation sites excluding steroid dienone is 1. The van der Waals surface area contributed by atoms with Crippen LogP contribution in [0.2, 0.25) is 0 Å². The van der Waals surface area contributed by atoms with Crippen molar-refractivity contribution in [3.63, 3.8) is 0 Å². The summed E-state index contributed by atoms with van der Waals surface area (Å²) < 4.78 is 0. The van der Waals surface area contributed by atoms with Gasteiger partial charge in [0.05, 0.1) is 6.04 Å². The molecule has 1 heterocycles. The molecule has 0 aromatic heterocycles. The van der Waals surface area contributed by atoms with E-state index in [1.807, 2.05) is 0 Å². The Morgan fingerprint density at radius 2 is 2.07 bits per heavy atom. The standard InChI is InChI=1S/C13H18N2/c14-10-5-6-11-12(8-15-13(11)7-10)9-3-1-2-4-9/h5-9,11,13,15H,1-4,14H2. The van der Waals surface area contributed by atoms with Crippen molar-refractivity contribution in [1.82, 2.24) is 5.32 Å². The molecule has 0 aromatic rings. The van der Waals surface area contributed by atoms with Crippen molar-refractivity contribution >= 4 is 0 Å². The van der Waals surface area contributed by atoms with Gasteiger partial charge < -0.3 is 11.1 Å². The largest absolute Gasteiger partial charge is 0.399 e. The molecule has 0 bridgehead atoms. The average molecular weight is 202 g/mol. The lowest BCUT2D eigenvalue weighted by Crippen LogP contribution is -2.28. The lowest BCUT2D eigenvalue weighted by atomic mass is 9.83. The summed E-state index contributed by atoms with van der Waals surface area (Å²) >= 11 is 0. The number of hydrogen-bond acceptors (Lipinski definition) is 2. The lowest BCUT2D eigenvalue weighted by molar-refractivity contribution is 0.542. The summed E-state index contributed by atoms with van der Waals surface area (Å²) in [5.41, 5.74) is 8.30. The Hall–Kier alpha value is -1.18. The highest BCUT2D eigenvalue weighted by Gasteiger charge is 2.33. The summed E-state index contributed by atoms with van der Waals surface area (Å²) in [6.07, 6.45) is 14.3. The number of hydrogen-bond donors (Lipinski definition) is 2. The summed E-state index contributed by atoms with van der Waals surface area (Å²) in [7, 11) is 0. The molecule has 1 fully saturated rings. The highest BCUT2D eigenvalue weighted by molar-refractivity contribution is 5.36. The van der Waals surface area contributed by atoms with E-state index < -0.39 is 0 Å². The van der Waals surface area contributed by atoms with Crippen LogP contribution in [-0.4, -0.2) is 6.04 Å². The minimum atomic E-state index is 0.422. The Balaban J connectivity index is 1.80. The van der Waals surface area contributed by atoms with Gasteiger partial charge in [0.15, 0.2) is 0 Å². The highest BCUT2D eigenvalue weighted by Crippen LogP contribution is 2.39. The van der Waals surface area contributed by atoms with Crippen LogP contribution in [0.3, 0.4) is 0 Å². The van der Waals surface area contributed by atoms with Crippen molar-refractivity contribution < 1.29 is 0 Å². The SMILES string of the molecule is NC1=CC2NC=C(C3CCCC3)C2C=C1. The highest BCUT2D eigenvalue weighted by atomic mass is 14.9. The Kier molecular flexibility index (Phi) is 2.08. The molecule has 2 unspecified atom stereocenters. The molecule has 2 atom stereocenters. The van der Waals surface area contributed by atoms with E-state index in [4.69, 9.17) is 5.73 Å². The van der Waals surface area contributed by atoms with Gasteiger partial charge in [-0.2, -0.15) is 0 Å². The second-order valence-electron chi connectivity index (χ2n) is 4.87. The summed E-state index contributed by atoms with van der Waals surface area (Å²) in [4.78, 5) is 0. The quantitative estimate of drug-likeness (QED) is 0.683. The second kappa shape index (κ2) is 3.44. The summed E-state index contributed by atoms with van der Waals surface area (Å²) in [6.45, 7) is 0. The van der Waals surface area contributed by atoms with Crippen molar-refractivity contribution in [3.8, 4) is 0 Å². The monoisotopic (exact) mass is 202 g/mol. The van der Waals surface area contributed by atoms with Crippen molar-refractivity contribution in [2.75, 3.05) is 0 Å². The van der Waals surface area contributed by atoms with Gasteiger partial charge in [0.1, 0.15) is 0 Å². The fraction of sp³-hybridized carbons (Fsp3) is 0.538. The molecule has 0 aromatic carbocycles. The Bertz CT molecular complexity index is 346. The molecule has 1 saturated carbocycles. The van der Waals surface area contributed by atoms with E-state index in [9.17, 15) is 0 Å². The van der Waals surface area contributed by atoms with Gasteiger partial charge >= 0.3 is 0 Å². The molecule has 3 aliphatic rings. The first-order valence-corrected chi connectivity index (χ1v) is 5.96. The van der Waals surface area contributed by atoms with Crippen LogP contribution in [0.5, 0.6) is 0 Å². The minimum absolute atomic E-state index is 0.422. The first kappa shape index (κ1) is 9.08. The number of rotatable bonds is 1. The Labute approximate surface area is 90.9 Å². The fourth-order valence-corrected chi connectivity index (χ4v) is 3.11. The zero-order chi connectivity index (χ0) is 10.3. The van der Waals surface area contributed by atoms with Crippen LogP contribution in [0.15, 0.2) is 35.7 Å². The molecule has 3 N–H and O–H groups in total. The van der Waals surface area contributed by atoms with E-state index in [1.54, 1.807) is 5.57 Å². The van der Waals surface area contributed by atoms with Gasteiger partial charge in [0, 0.05) is 11.6 Å². The third kappa shape index (κ3) is 1.48. The molecule has 15 heavy (non-hydrogen) atoms. The molecule has 0 saturated heterocycles. The van der Waals surface area contributed by atoms with Gasteiger partial charge in [-0.1, -0.05) is 18.9 Å². The summed E-state index contributed by atoms with van der Waals surface area (Å²) in [5, 5.41) is 3.45. The van der Waals surface area contributed by atoms with Gasteiger partial charge in [-0.3, -0.25) is 0 Å². The van der Waals surface area contributed by atoms with Crippen LogP contribution >= 0.6 is 0 Å². The maximum Gasteiger partial charge on any atom is 0.0562 e. The van der Waals surface area contributed by atoms with E-state index in [0.717, 1.165) is 11.6 Å². The van der Waals surface area contributed by atoms with Crippen molar-refractivity contribution in [1.29, 1.82) is 0 Å². The molecule has 0 amide bonds. The molecular weight excluding hydrogens is 184 g/mol. The van der Waals surface area contributed by atoms with Crippen molar-refractivity contribution in [3.05, 3.63) is 35.7 Å². The van der Waals surface area contributed by atoms with Gasteiger partial charge in [0.2, 0.25) is 0 Å². The number of nitrogens with one attached hydrogen (secondary N) is 1. The number of nitrogens with two attached hydrogens (primary N) is 1. The second-order valence-corrected chi connectivity index (χ2v) is 4.87. The smallest absolute Gasteiger partial charge is 0.0562 e. The molecule has 2 aliphatic carbocycles. The maximum absolute atomic E-state index is 5.80. The van der Waals surface area contributed by atoms with E-state index in [-0.39, 0.29) is 0 Å². The van der Waals surface area contributed by atoms with Crippen molar-refractivity contribution in [2.24, 2.45) is 17.6 Å². The van der Waals surface area contributed by atoms with Gasteiger partial charge in [-0.15, -0.1) is 0 Å². The lowest BCUT2D eigenvalue weighted by Gasteiger charge is -2.23. The van der Waals surface area contributed by atoms with Crippen LogP contribution in [0.4, 0.5) is 0 Å². The van der Waals surface area contributed by atoms with E-state index >= 15 is 0 Å². The molecule has 1 aliphatic heterocycles. The van der Waals surface area contributed by atoms with Crippen LogP contribution in [0.25, 0.3) is 0 Å². The normalized spacial score (nSPS) is 34.7. The third-order valence-electron chi connectivity index (χ3n) is 3.91. The fourth-order valence-electron chi connectivity index (χ4n) is 3.11. The zero-order valence-electron chi connectivity index (χ0n) is 8.95. The van der Waals surface area contributed by atoms with Crippen molar-refractivity contribution in [2.45, 2.75) is 31.7 Å². The molecule has 80 valence electrons. The average Bonchev–Trinajstić information content (AvgIpc) is 2.82. The van der Waals surface area contributed by atoms with Gasteiger partial charge in [-0.05, 0) is 42.7 Å². The summed E-state index contributed by atoms with van der Waals surface area (Å²) in [5.74, 6) is 1.39. The predicted molar refractivity (Wildman–Crippen MR) is 61.9 cm³/mol. The van der Waals surface area contributed by atoms with Gasteiger partial charge in [-0.25, -0.2) is 0 Å². The van der Waals surface area contributed by atoms with E-state index in [2.05, 4.69) is 29.7 Å². The predicted octanol–water partition coefficient (Wildman–Crippen LogP) is 2.06. The van der Waals surface area contributed by atoms with Crippen LogP contribution in [0, 0.1) is 11.8 Å². The van der Waals surface area contributed by atoms with Crippen LogP contribution in [0.1, 0.15) is 25.7 Å². The molecule has 0 radical (unpaired) electrons. The Morgan fingerprint density at radius 3 is 2.87 bits per heavy atom. The van der Waals surface area contributed by atoms with E-state index in [1.165, 1.54) is 25.7 Å². The summed E-state index contributed by atoms with van der Waals surface area (Å²) in [6, 6.07) is 0.422. The molecule has 2 nitrogen and oxygen atoms in total. The first-order valence-electron chi connectivity index (χ1n) is 5.96. The molecule has 2 heteroatoms. The van der Waals surface area contributed by atoms with E-state index in [0.29, 0.717) is 12.0 Å².